The normalized spacial score (nSPS) is 10.5. The van der Waals surface area contributed by atoms with Crippen molar-refractivity contribution < 1.29 is 14.7 Å². The number of rotatable bonds is 9. The number of nitrogens with zero attached hydrogens (tertiary/aromatic N) is 4. The predicted molar refractivity (Wildman–Crippen MR) is 130 cm³/mol. The second kappa shape index (κ2) is 11.1. The van der Waals surface area contributed by atoms with Crippen molar-refractivity contribution in [2.24, 2.45) is 0 Å². The fraction of sp³-hybridized carbons (Fsp3) is 0.280. The van der Waals surface area contributed by atoms with Crippen LogP contribution in [0.4, 0.5) is 22.0 Å². The topological polar surface area (TPSA) is 98.7 Å². The largest absolute Gasteiger partial charge is 0.465 e. The van der Waals surface area contributed by atoms with E-state index in [0.29, 0.717) is 29.2 Å². The monoisotopic (exact) mass is 447 g/mol. The van der Waals surface area contributed by atoms with Crippen LogP contribution in [0, 0.1) is 6.92 Å². The Hall–Kier alpha value is -3.94. The van der Waals surface area contributed by atoms with Crippen molar-refractivity contribution in [1.82, 2.24) is 9.97 Å². The van der Waals surface area contributed by atoms with Gasteiger partial charge in [0.15, 0.2) is 0 Å². The summed E-state index contributed by atoms with van der Waals surface area (Å²) in [6, 6.07) is 15.9. The van der Waals surface area contributed by atoms with Crippen molar-refractivity contribution in [1.29, 1.82) is 0 Å². The standard InChI is InChI=1S/C25H29N5O3/c1-4-29(5-2)23-22(14-9-18(3)27-23)24(31)28-20-10-12-21(13-11-20)30(25(32)33)17-15-19-8-6-7-16-26-19/h6-14,16H,4-5,15,17H2,1-3H3,(H,28,31)(H,32,33). The van der Waals surface area contributed by atoms with Gasteiger partial charge in [-0.15, -0.1) is 0 Å². The Morgan fingerprint density at radius 2 is 1.73 bits per heavy atom. The fourth-order valence-corrected chi connectivity index (χ4v) is 3.52. The number of hydrogen-bond acceptors (Lipinski definition) is 5. The summed E-state index contributed by atoms with van der Waals surface area (Å²) in [6.07, 6.45) is 1.14. The lowest BCUT2D eigenvalue weighted by molar-refractivity contribution is 0.102. The second-order valence-corrected chi connectivity index (χ2v) is 7.50. The first-order valence-corrected chi connectivity index (χ1v) is 11.0. The minimum absolute atomic E-state index is 0.262. The van der Waals surface area contributed by atoms with Crippen molar-refractivity contribution in [2.75, 3.05) is 34.8 Å². The number of amides is 2. The molecule has 0 radical (unpaired) electrons. The van der Waals surface area contributed by atoms with E-state index in [1.807, 2.05) is 49.9 Å². The number of nitrogens with one attached hydrogen (secondary N) is 1. The van der Waals surface area contributed by atoms with E-state index in [1.165, 1.54) is 4.90 Å². The van der Waals surface area contributed by atoms with Gasteiger partial charge in [0.2, 0.25) is 0 Å². The average molecular weight is 448 g/mol. The molecule has 2 amide bonds. The lowest BCUT2D eigenvalue weighted by Crippen LogP contribution is -2.31. The molecule has 0 aliphatic carbocycles. The Balaban J connectivity index is 1.73. The summed E-state index contributed by atoms with van der Waals surface area (Å²) in [5.74, 6) is 0.392. The number of aromatic nitrogens is 2. The Bertz CT molecular complexity index is 1080. The smallest absolute Gasteiger partial charge is 0.411 e. The molecule has 172 valence electrons. The Labute approximate surface area is 193 Å². The molecule has 0 unspecified atom stereocenters. The molecule has 0 bridgehead atoms. The summed E-state index contributed by atoms with van der Waals surface area (Å²) in [5.41, 5.74) is 3.26. The van der Waals surface area contributed by atoms with Gasteiger partial charge < -0.3 is 15.3 Å². The highest BCUT2D eigenvalue weighted by Gasteiger charge is 2.18. The van der Waals surface area contributed by atoms with Gasteiger partial charge in [-0.1, -0.05) is 6.07 Å². The molecule has 2 aromatic heterocycles. The van der Waals surface area contributed by atoms with E-state index in [2.05, 4.69) is 15.3 Å². The van der Waals surface area contributed by atoms with Crippen LogP contribution in [0.1, 0.15) is 35.6 Å². The summed E-state index contributed by atoms with van der Waals surface area (Å²) in [5, 5.41) is 12.5. The first kappa shape index (κ1) is 23.7. The average Bonchev–Trinajstić information content (AvgIpc) is 2.81. The molecule has 0 saturated heterocycles. The van der Waals surface area contributed by atoms with Crippen LogP contribution in [0.25, 0.3) is 0 Å². The Morgan fingerprint density at radius 1 is 1.00 bits per heavy atom. The molecule has 2 N–H and O–H groups in total. The second-order valence-electron chi connectivity index (χ2n) is 7.50. The summed E-state index contributed by atoms with van der Waals surface area (Å²) >= 11 is 0. The van der Waals surface area contributed by atoms with Crippen LogP contribution in [0.2, 0.25) is 0 Å². The van der Waals surface area contributed by atoms with Gasteiger partial charge in [-0.3, -0.25) is 14.7 Å². The van der Waals surface area contributed by atoms with Gasteiger partial charge in [-0.2, -0.15) is 0 Å². The zero-order valence-electron chi connectivity index (χ0n) is 19.2. The number of aryl methyl sites for hydroxylation is 1. The minimum atomic E-state index is -1.04. The van der Waals surface area contributed by atoms with Gasteiger partial charge in [-0.05, 0) is 69.3 Å². The molecule has 0 saturated carbocycles. The van der Waals surface area contributed by atoms with Gasteiger partial charge >= 0.3 is 6.09 Å². The molecule has 0 fully saturated rings. The van der Waals surface area contributed by atoms with Gasteiger partial charge in [0, 0.05) is 55.0 Å². The van der Waals surface area contributed by atoms with Crippen LogP contribution in [0.15, 0.2) is 60.8 Å². The molecule has 2 heterocycles. The maximum Gasteiger partial charge on any atom is 0.411 e. The highest BCUT2D eigenvalue weighted by molar-refractivity contribution is 6.07. The van der Waals surface area contributed by atoms with E-state index in [9.17, 15) is 14.7 Å². The van der Waals surface area contributed by atoms with Crippen LogP contribution in [-0.2, 0) is 6.42 Å². The van der Waals surface area contributed by atoms with Gasteiger partial charge in [0.25, 0.3) is 5.91 Å². The summed E-state index contributed by atoms with van der Waals surface area (Å²) in [6.45, 7) is 7.71. The van der Waals surface area contributed by atoms with Gasteiger partial charge in [0.05, 0.1) is 5.56 Å². The van der Waals surface area contributed by atoms with Crippen molar-refractivity contribution in [2.45, 2.75) is 27.2 Å². The Kier molecular flexibility index (Phi) is 7.96. The van der Waals surface area contributed by atoms with Gasteiger partial charge in [-0.25, -0.2) is 9.78 Å². The summed E-state index contributed by atoms with van der Waals surface area (Å²) in [4.78, 5) is 36.9. The Morgan fingerprint density at radius 3 is 2.33 bits per heavy atom. The quantitative estimate of drug-likeness (QED) is 0.497. The van der Waals surface area contributed by atoms with E-state index >= 15 is 0 Å². The number of carbonyl (C=O) groups is 2. The van der Waals surface area contributed by atoms with E-state index in [1.54, 1.807) is 36.5 Å². The number of carbonyl (C=O) groups excluding carboxylic acids is 1. The fourth-order valence-electron chi connectivity index (χ4n) is 3.52. The molecule has 0 spiro atoms. The van der Waals surface area contributed by atoms with Crippen molar-refractivity contribution in [3.63, 3.8) is 0 Å². The molecule has 0 aliphatic rings. The number of hydrogen-bond donors (Lipinski definition) is 2. The van der Waals surface area contributed by atoms with Gasteiger partial charge in [0.1, 0.15) is 5.82 Å². The van der Waals surface area contributed by atoms with Crippen LogP contribution in [0.3, 0.4) is 0 Å². The number of carboxylic acid groups (broad SMARTS) is 1. The van der Waals surface area contributed by atoms with Crippen molar-refractivity contribution in [3.8, 4) is 0 Å². The molecule has 1 aromatic carbocycles. The van der Waals surface area contributed by atoms with E-state index in [0.717, 1.165) is 24.5 Å². The molecule has 0 aliphatic heterocycles. The molecule has 3 aromatic rings. The third-order valence-electron chi connectivity index (χ3n) is 5.31. The van der Waals surface area contributed by atoms with Crippen molar-refractivity contribution >= 4 is 29.2 Å². The van der Waals surface area contributed by atoms with Crippen molar-refractivity contribution in [3.05, 3.63) is 77.7 Å². The van der Waals surface area contributed by atoms with E-state index < -0.39 is 6.09 Å². The first-order valence-electron chi connectivity index (χ1n) is 11.0. The number of anilines is 3. The molecular weight excluding hydrogens is 418 g/mol. The highest BCUT2D eigenvalue weighted by Crippen LogP contribution is 2.22. The molecule has 33 heavy (non-hydrogen) atoms. The molecular formula is C25H29N5O3. The van der Waals surface area contributed by atoms with Crippen LogP contribution >= 0.6 is 0 Å². The molecule has 3 rings (SSSR count). The maximum absolute atomic E-state index is 13.0. The van der Waals surface area contributed by atoms with Crippen LogP contribution < -0.4 is 15.1 Å². The molecule has 8 heteroatoms. The molecule has 0 atom stereocenters. The van der Waals surface area contributed by atoms with Crippen LogP contribution in [0.5, 0.6) is 0 Å². The minimum Gasteiger partial charge on any atom is -0.465 e. The zero-order valence-corrected chi connectivity index (χ0v) is 19.2. The lowest BCUT2D eigenvalue weighted by Gasteiger charge is -2.23. The van der Waals surface area contributed by atoms with Crippen LogP contribution in [-0.4, -0.2) is 46.7 Å². The maximum atomic E-state index is 13.0. The predicted octanol–water partition coefficient (Wildman–Crippen LogP) is 4.61. The molecule has 8 nitrogen and oxygen atoms in total. The van der Waals surface area contributed by atoms with E-state index in [-0.39, 0.29) is 12.5 Å². The number of benzene rings is 1. The first-order chi connectivity index (χ1) is 15.9. The third kappa shape index (κ3) is 6.06. The SMILES string of the molecule is CCN(CC)c1nc(C)ccc1C(=O)Nc1ccc(N(CCc2ccccn2)C(=O)O)cc1. The van der Waals surface area contributed by atoms with E-state index in [4.69, 9.17) is 0 Å². The number of pyridine rings is 2. The zero-order chi connectivity index (χ0) is 23.8. The lowest BCUT2D eigenvalue weighted by atomic mass is 10.2. The third-order valence-corrected chi connectivity index (χ3v) is 5.31. The summed E-state index contributed by atoms with van der Waals surface area (Å²) in [7, 11) is 0. The summed E-state index contributed by atoms with van der Waals surface area (Å²) < 4.78 is 0. The highest BCUT2D eigenvalue weighted by atomic mass is 16.4.